The molecule has 9 nitrogen and oxygen atoms in total. The third-order valence-electron chi connectivity index (χ3n) is 4.13. The van der Waals surface area contributed by atoms with Gasteiger partial charge in [-0.05, 0) is 19.1 Å². The molecule has 0 saturated heterocycles. The number of carbonyl (C=O) groups is 2. The van der Waals surface area contributed by atoms with Gasteiger partial charge in [-0.15, -0.1) is 5.11 Å². The van der Waals surface area contributed by atoms with Crippen LogP contribution in [0, 0.1) is 0 Å². The number of benzene rings is 2. The number of methoxy groups -OCH3 is 4. The maximum atomic E-state index is 13.0. The second-order valence-electron chi connectivity index (χ2n) is 6.02. The minimum absolute atomic E-state index is 0.127. The van der Waals surface area contributed by atoms with Crippen molar-refractivity contribution >= 4 is 46.4 Å². The third kappa shape index (κ3) is 5.36. The molecule has 0 N–H and O–H groups in total. The van der Waals surface area contributed by atoms with E-state index in [1.165, 1.54) is 47.5 Å². The van der Waals surface area contributed by atoms with Gasteiger partial charge in [0.1, 0.15) is 17.2 Å². The topological polar surface area (TPSA) is 99.0 Å². The number of rotatable bonds is 9. The van der Waals surface area contributed by atoms with Gasteiger partial charge in [-0.2, -0.15) is 5.11 Å². The van der Waals surface area contributed by atoms with Crippen LogP contribution in [0.1, 0.15) is 6.92 Å². The molecule has 166 valence electrons. The van der Waals surface area contributed by atoms with E-state index in [1.807, 2.05) is 0 Å². The molecule has 0 aromatic heterocycles. The van der Waals surface area contributed by atoms with Gasteiger partial charge in [0.15, 0.2) is 23.0 Å². The first-order valence-electron chi connectivity index (χ1n) is 8.82. The first-order valence-corrected chi connectivity index (χ1v) is 9.54. The number of hydrogen-bond acceptors (Lipinski definition) is 8. The lowest BCUT2D eigenvalue weighted by Gasteiger charge is -2.21. The Bertz CT molecular complexity index is 952. The lowest BCUT2D eigenvalue weighted by Crippen LogP contribution is -2.36. The number of hydrogen-bond donors (Lipinski definition) is 0. The van der Waals surface area contributed by atoms with Gasteiger partial charge in [0.25, 0.3) is 5.91 Å². The first-order chi connectivity index (χ1) is 14.8. The molecule has 1 amide bonds. The summed E-state index contributed by atoms with van der Waals surface area (Å²) in [6.45, 7) is 1.20. The van der Waals surface area contributed by atoms with E-state index in [2.05, 4.69) is 10.2 Å². The van der Waals surface area contributed by atoms with E-state index in [1.54, 1.807) is 18.2 Å². The Morgan fingerprint density at radius 3 is 1.84 bits per heavy atom. The van der Waals surface area contributed by atoms with Crippen molar-refractivity contribution in [2.45, 2.75) is 13.0 Å². The van der Waals surface area contributed by atoms with Crippen molar-refractivity contribution in [1.29, 1.82) is 0 Å². The quantitative estimate of drug-likeness (QED) is 0.302. The number of carbonyl (C=O) groups excluding carboxylic acids is 2. The molecule has 0 spiro atoms. The van der Waals surface area contributed by atoms with Gasteiger partial charge >= 0.3 is 0 Å². The van der Waals surface area contributed by atoms with E-state index in [0.29, 0.717) is 5.02 Å². The molecule has 2 aromatic rings. The second-order valence-corrected chi connectivity index (χ2v) is 6.79. The Morgan fingerprint density at radius 2 is 1.42 bits per heavy atom. The predicted octanol–water partition coefficient (Wildman–Crippen LogP) is 4.60. The summed E-state index contributed by atoms with van der Waals surface area (Å²) in [7, 11) is 5.64. The molecular formula is C20H21Cl2N3O6. The van der Waals surface area contributed by atoms with Crippen LogP contribution in [0.5, 0.6) is 23.0 Å². The van der Waals surface area contributed by atoms with Crippen LogP contribution < -0.4 is 23.4 Å². The van der Waals surface area contributed by atoms with Crippen LogP contribution in [0.25, 0.3) is 0 Å². The summed E-state index contributed by atoms with van der Waals surface area (Å²) in [5.74, 6) is -0.410. The van der Waals surface area contributed by atoms with Crippen LogP contribution in [0.15, 0.2) is 40.6 Å². The number of ketones is 1. The van der Waals surface area contributed by atoms with Crippen LogP contribution >= 0.6 is 23.4 Å². The fraction of sp³-hybridized carbons (Fsp3) is 0.300. The van der Waals surface area contributed by atoms with Crippen molar-refractivity contribution in [3.8, 4) is 23.0 Å². The van der Waals surface area contributed by atoms with Crippen molar-refractivity contribution in [3.05, 3.63) is 35.4 Å². The summed E-state index contributed by atoms with van der Waals surface area (Å²) in [6, 6.07) is 6.30. The number of amides is 1. The largest absolute Gasteiger partial charge is 0.494 e. The van der Waals surface area contributed by atoms with Crippen molar-refractivity contribution in [1.82, 2.24) is 0 Å². The van der Waals surface area contributed by atoms with Crippen LogP contribution in [0.4, 0.5) is 11.4 Å². The summed E-state index contributed by atoms with van der Waals surface area (Å²) in [4.78, 5) is 25.2. The van der Waals surface area contributed by atoms with Gasteiger partial charge in [0.05, 0.1) is 28.4 Å². The monoisotopic (exact) mass is 469 g/mol. The zero-order valence-electron chi connectivity index (χ0n) is 17.5. The predicted molar refractivity (Wildman–Crippen MR) is 116 cm³/mol. The van der Waals surface area contributed by atoms with Crippen molar-refractivity contribution < 1.29 is 28.5 Å². The molecule has 2 aromatic carbocycles. The number of anilines is 1. The molecule has 0 heterocycles. The minimum Gasteiger partial charge on any atom is -0.494 e. The normalized spacial score (nSPS) is 11.7. The fourth-order valence-corrected chi connectivity index (χ4v) is 3.08. The summed E-state index contributed by atoms with van der Waals surface area (Å²) in [5.41, 5.74) is 0.284. The molecule has 11 heteroatoms. The highest BCUT2D eigenvalue weighted by Crippen LogP contribution is 2.41. The van der Waals surface area contributed by atoms with E-state index < -0.39 is 17.7 Å². The summed E-state index contributed by atoms with van der Waals surface area (Å²) in [5, 5.41) is 8.28. The molecular weight excluding hydrogens is 449 g/mol. The number of Topliss-reactive ketones (excluding diaryl/α,β-unsaturated/α-hetero) is 1. The first kappa shape index (κ1) is 24.2. The van der Waals surface area contributed by atoms with Crippen molar-refractivity contribution in [2.75, 3.05) is 32.9 Å². The van der Waals surface area contributed by atoms with Gasteiger partial charge in [0.2, 0.25) is 6.04 Å². The number of halogens is 2. The van der Waals surface area contributed by atoms with Gasteiger partial charge < -0.3 is 18.9 Å². The van der Waals surface area contributed by atoms with E-state index >= 15 is 0 Å². The van der Waals surface area contributed by atoms with E-state index in [0.717, 1.165) is 4.42 Å². The second kappa shape index (κ2) is 10.8. The van der Waals surface area contributed by atoms with Crippen molar-refractivity contribution in [2.24, 2.45) is 10.2 Å². The van der Waals surface area contributed by atoms with Gasteiger partial charge in [0, 0.05) is 28.9 Å². The molecule has 0 aliphatic carbocycles. The van der Waals surface area contributed by atoms with E-state index in [4.69, 9.17) is 42.3 Å². The Labute approximate surface area is 189 Å². The molecule has 0 aliphatic heterocycles. The molecule has 31 heavy (non-hydrogen) atoms. The molecule has 0 fully saturated rings. The number of para-hydroxylation sites is 1. The highest BCUT2D eigenvalue weighted by atomic mass is 35.5. The van der Waals surface area contributed by atoms with E-state index in [9.17, 15) is 9.59 Å². The Balaban J connectivity index is 2.47. The molecule has 0 aliphatic rings. The van der Waals surface area contributed by atoms with Gasteiger partial charge in [-0.3, -0.25) is 9.59 Å². The molecule has 0 bridgehead atoms. The van der Waals surface area contributed by atoms with E-state index in [-0.39, 0.29) is 34.4 Å². The average molecular weight is 470 g/mol. The maximum absolute atomic E-state index is 13.0. The maximum Gasteiger partial charge on any atom is 0.276 e. The Hall–Kier alpha value is -3.04. The fourth-order valence-electron chi connectivity index (χ4n) is 2.62. The average Bonchev–Trinajstić information content (AvgIpc) is 2.77. The smallest absolute Gasteiger partial charge is 0.276 e. The van der Waals surface area contributed by atoms with Gasteiger partial charge in [-0.1, -0.05) is 17.7 Å². The zero-order valence-corrected chi connectivity index (χ0v) is 19.0. The molecule has 1 atom stereocenters. The summed E-state index contributed by atoms with van der Waals surface area (Å²) < 4.78 is 21.7. The molecule has 0 saturated carbocycles. The Morgan fingerprint density at radius 1 is 0.935 bits per heavy atom. The SMILES string of the molecule is COc1cc(Cl)cc(OC)c1N=NC(C(C)=O)C(=O)N(Cl)c1c(OC)cccc1OC. The zero-order chi connectivity index (χ0) is 23.1. The minimum atomic E-state index is -1.54. The Kier molecular flexibility index (Phi) is 8.47. The molecule has 2 rings (SSSR count). The summed E-state index contributed by atoms with van der Waals surface area (Å²) in [6.07, 6.45) is 0. The van der Waals surface area contributed by atoms with Crippen LogP contribution in [-0.4, -0.2) is 46.2 Å². The number of ether oxygens (including phenoxy) is 4. The highest BCUT2D eigenvalue weighted by Gasteiger charge is 2.32. The molecule has 0 radical (unpaired) electrons. The lowest BCUT2D eigenvalue weighted by atomic mass is 10.2. The van der Waals surface area contributed by atoms with Gasteiger partial charge in [-0.25, -0.2) is 4.42 Å². The molecule has 1 unspecified atom stereocenters. The lowest BCUT2D eigenvalue weighted by molar-refractivity contribution is -0.126. The highest BCUT2D eigenvalue weighted by molar-refractivity contribution is 6.40. The van der Waals surface area contributed by atoms with Crippen molar-refractivity contribution in [3.63, 3.8) is 0 Å². The standard InChI is InChI=1S/C20H21Cl2N3O6/c1-11(26)17(23-24-18-15(30-4)9-12(21)10-16(18)31-5)20(27)25(22)19-13(28-2)7-6-8-14(19)29-3/h6-10,17H,1-5H3. The third-order valence-corrected chi connectivity index (χ3v) is 4.68. The van der Waals surface area contributed by atoms with Crippen LogP contribution in [0.3, 0.4) is 0 Å². The number of azo groups is 1. The number of nitrogens with zero attached hydrogens (tertiary/aromatic N) is 3. The van der Waals surface area contributed by atoms with Crippen LogP contribution in [0.2, 0.25) is 5.02 Å². The van der Waals surface area contributed by atoms with Crippen LogP contribution in [-0.2, 0) is 9.59 Å². The summed E-state index contributed by atoms with van der Waals surface area (Å²) >= 11 is 12.3.